The molecule has 0 aliphatic rings. The molecular formula is C12H14N4O2. The maximum atomic E-state index is 10.8. The van der Waals surface area contributed by atoms with Crippen molar-refractivity contribution >= 4 is 22.3 Å². The SMILES string of the molecule is NCCCNc1nccc2ccc([N+](=O)[O-])cc12. The lowest BCUT2D eigenvalue weighted by Gasteiger charge is -2.07. The number of nitrogens with one attached hydrogen (secondary N) is 1. The number of rotatable bonds is 5. The predicted octanol–water partition coefficient (Wildman–Crippen LogP) is 1.90. The molecule has 6 nitrogen and oxygen atoms in total. The lowest BCUT2D eigenvalue weighted by Crippen LogP contribution is -2.09. The van der Waals surface area contributed by atoms with Gasteiger partial charge in [0.2, 0.25) is 0 Å². The number of hydrogen-bond donors (Lipinski definition) is 2. The zero-order chi connectivity index (χ0) is 13.0. The number of non-ortho nitro benzene ring substituents is 1. The lowest BCUT2D eigenvalue weighted by atomic mass is 10.1. The van der Waals surface area contributed by atoms with E-state index in [0.717, 1.165) is 17.2 Å². The first-order valence-corrected chi connectivity index (χ1v) is 5.69. The summed E-state index contributed by atoms with van der Waals surface area (Å²) in [6, 6.07) is 6.58. The predicted molar refractivity (Wildman–Crippen MR) is 70.6 cm³/mol. The van der Waals surface area contributed by atoms with Crippen LogP contribution in [0.25, 0.3) is 10.8 Å². The second kappa shape index (κ2) is 5.42. The molecule has 1 aromatic heterocycles. The zero-order valence-corrected chi connectivity index (χ0v) is 9.80. The van der Waals surface area contributed by atoms with E-state index in [-0.39, 0.29) is 5.69 Å². The minimum Gasteiger partial charge on any atom is -0.370 e. The summed E-state index contributed by atoms with van der Waals surface area (Å²) in [4.78, 5) is 14.6. The molecule has 18 heavy (non-hydrogen) atoms. The number of nitro benzene ring substituents is 1. The highest BCUT2D eigenvalue weighted by molar-refractivity contribution is 5.93. The van der Waals surface area contributed by atoms with Crippen molar-refractivity contribution in [3.63, 3.8) is 0 Å². The maximum absolute atomic E-state index is 10.8. The van der Waals surface area contributed by atoms with Crippen LogP contribution in [0.4, 0.5) is 11.5 Å². The average Bonchev–Trinajstić information content (AvgIpc) is 2.38. The lowest BCUT2D eigenvalue weighted by molar-refractivity contribution is -0.384. The van der Waals surface area contributed by atoms with E-state index in [1.807, 2.05) is 6.07 Å². The first-order valence-electron chi connectivity index (χ1n) is 5.69. The van der Waals surface area contributed by atoms with Gasteiger partial charge in [-0.05, 0) is 30.5 Å². The molecule has 0 saturated carbocycles. The van der Waals surface area contributed by atoms with Crippen LogP contribution >= 0.6 is 0 Å². The molecular weight excluding hydrogens is 232 g/mol. The fourth-order valence-electron chi connectivity index (χ4n) is 1.72. The molecule has 2 rings (SSSR count). The van der Waals surface area contributed by atoms with Crippen molar-refractivity contribution < 1.29 is 4.92 Å². The van der Waals surface area contributed by atoms with Crippen LogP contribution in [0.3, 0.4) is 0 Å². The number of anilines is 1. The van der Waals surface area contributed by atoms with E-state index in [9.17, 15) is 10.1 Å². The third-order valence-electron chi connectivity index (χ3n) is 2.63. The Labute approximate surface area is 104 Å². The largest absolute Gasteiger partial charge is 0.370 e. The molecule has 0 fully saturated rings. The highest BCUT2D eigenvalue weighted by atomic mass is 16.6. The number of nitrogens with zero attached hydrogens (tertiary/aromatic N) is 2. The molecule has 0 atom stereocenters. The van der Waals surface area contributed by atoms with E-state index in [1.165, 1.54) is 12.1 Å². The molecule has 0 aliphatic carbocycles. The molecule has 0 unspecified atom stereocenters. The fourth-order valence-corrected chi connectivity index (χ4v) is 1.72. The zero-order valence-electron chi connectivity index (χ0n) is 9.80. The number of benzene rings is 1. The Kier molecular flexibility index (Phi) is 3.69. The Balaban J connectivity index is 2.39. The van der Waals surface area contributed by atoms with Crippen LogP contribution in [0.5, 0.6) is 0 Å². The second-order valence-corrected chi connectivity index (χ2v) is 3.89. The highest BCUT2D eigenvalue weighted by Crippen LogP contribution is 2.25. The minimum absolute atomic E-state index is 0.0670. The van der Waals surface area contributed by atoms with Crippen molar-refractivity contribution in [3.8, 4) is 0 Å². The van der Waals surface area contributed by atoms with Gasteiger partial charge in [-0.3, -0.25) is 10.1 Å². The van der Waals surface area contributed by atoms with Crippen LogP contribution < -0.4 is 11.1 Å². The summed E-state index contributed by atoms with van der Waals surface area (Å²) in [5.41, 5.74) is 5.49. The molecule has 0 spiro atoms. The van der Waals surface area contributed by atoms with Crippen LogP contribution in [-0.4, -0.2) is 23.0 Å². The van der Waals surface area contributed by atoms with E-state index in [4.69, 9.17) is 5.73 Å². The molecule has 6 heteroatoms. The Morgan fingerprint density at radius 2 is 2.22 bits per heavy atom. The van der Waals surface area contributed by atoms with Crippen molar-refractivity contribution in [3.05, 3.63) is 40.6 Å². The van der Waals surface area contributed by atoms with Crippen LogP contribution in [-0.2, 0) is 0 Å². The normalized spacial score (nSPS) is 10.5. The van der Waals surface area contributed by atoms with Crippen molar-refractivity contribution in [2.45, 2.75) is 6.42 Å². The third-order valence-corrected chi connectivity index (χ3v) is 2.63. The van der Waals surface area contributed by atoms with Crippen LogP contribution in [0, 0.1) is 10.1 Å². The van der Waals surface area contributed by atoms with Crippen LogP contribution in [0.15, 0.2) is 30.5 Å². The van der Waals surface area contributed by atoms with Crippen molar-refractivity contribution in [1.82, 2.24) is 4.98 Å². The van der Waals surface area contributed by atoms with Crippen molar-refractivity contribution in [2.75, 3.05) is 18.4 Å². The van der Waals surface area contributed by atoms with Gasteiger partial charge in [0.15, 0.2) is 0 Å². The van der Waals surface area contributed by atoms with Gasteiger partial charge in [-0.2, -0.15) is 0 Å². The molecule has 1 aromatic carbocycles. The molecule has 0 amide bonds. The summed E-state index contributed by atoms with van der Waals surface area (Å²) in [6.07, 6.45) is 2.51. The standard InChI is InChI=1S/C12H14N4O2/c13-5-1-6-14-12-11-8-10(16(17)18)3-2-9(11)4-7-15-12/h2-4,7-8H,1,5-6,13H2,(H,14,15). The van der Waals surface area contributed by atoms with E-state index >= 15 is 0 Å². The summed E-state index contributed by atoms with van der Waals surface area (Å²) in [5.74, 6) is 0.657. The molecule has 94 valence electrons. The summed E-state index contributed by atoms with van der Waals surface area (Å²) in [6.45, 7) is 1.29. The maximum Gasteiger partial charge on any atom is 0.270 e. The van der Waals surface area contributed by atoms with Crippen LogP contribution in [0.2, 0.25) is 0 Å². The van der Waals surface area contributed by atoms with E-state index < -0.39 is 4.92 Å². The number of hydrogen-bond acceptors (Lipinski definition) is 5. The van der Waals surface area contributed by atoms with Gasteiger partial charge in [0.05, 0.1) is 4.92 Å². The molecule has 1 heterocycles. The topological polar surface area (TPSA) is 94.1 Å². The third kappa shape index (κ3) is 2.54. The van der Waals surface area contributed by atoms with E-state index in [1.54, 1.807) is 12.3 Å². The summed E-state index contributed by atoms with van der Waals surface area (Å²) in [5, 5.41) is 15.6. The Hall–Kier alpha value is -2.21. The van der Waals surface area contributed by atoms with Crippen molar-refractivity contribution in [2.24, 2.45) is 5.73 Å². The molecule has 0 radical (unpaired) electrons. The van der Waals surface area contributed by atoms with Gasteiger partial charge >= 0.3 is 0 Å². The fraction of sp³-hybridized carbons (Fsp3) is 0.250. The average molecular weight is 246 g/mol. The van der Waals surface area contributed by atoms with Crippen LogP contribution in [0.1, 0.15) is 6.42 Å². The minimum atomic E-state index is -0.407. The number of fused-ring (bicyclic) bond motifs is 1. The summed E-state index contributed by atoms with van der Waals surface area (Å²) < 4.78 is 0. The smallest absolute Gasteiger partial charge is 0.270 e. The molecule has 0 saturated heterocycles. The molecule has 2 aromatic rings. The highest BCUT2D eigenvalue weighted by Gasteiger charge is 2.09. The second-order valence-electron chi connectivity index (χ2n) is 3.89. The van der Waals surface area contributed by atoms with Gasteiger partial charge in [-0.1, -0.05) is 0 Å². The quantitative estimate of drug-likeness (QED) is 0.477. The number of aromatic nitrogens is 1. The monoisotopic (exact) mass is 246 g/mol. The number of nitrogens with two attached hydrogens (primary N) is 1. The number of pyridine rings is 1. The van der Waals surface area contributed by atoms with Crippen molar-refractivity contribution in [1.29, 1.82) is 0 Å². The molecule has 3 N–H and O–H groups in total. The van der Waals surface area contributed by atoms with Gasteiger partial charge in [0, 0.05) is 30.3 Å². The first kappa shape index (κ1) is 12.3. The van der Waals surface area contributed by atoms with Gasteiger partial charge in [-0.25, -0.2) is 4.98 Å². The van der Waals surface area contributed by atoms with E-state index in [0.29, 0.717) is 18.9 Å². The Morgan fingerprint density at radius 3 is 2.94 bits per heavy atom. The summed E-state index contributed by atoms with van der Waals surface area (Å²) in [7, 11) is 0. The van der Waals surface area contributed by atoms with Gasteiger partial charge in [-0.15, -0.1) is 0 Å². The van der Waals surface area contributed by atoms with E-state index in [2.05, 4.69) is 10.3 Å². The Bertz CT molecular complexity index is 571. The van der Waals surface area contributed by atoms with Gasteiger partial charge in [0.1, 0.15) is 5.82 Å². The van der Waals surface area contributed by atoms with Gasteiger partial charge in [0.25, 0.3) is 5.69 Å². The number of nitro groups is 1. The molecule has 0 aliphatic heterocycles. The first-order chi connectivity index (χ1) is 8.72. The summed E-state index contributed by atoms with van der Waals surface area (Å²) >= 11 is 0. The molecule has 0 bridgehead atoms. The van der Waals surface area contributed by atoms with Gasteiger partial charge < -0.3 is 11.1 Å². The Morgan fingerprint density at radius 1 is 1.39 bits per heavy atom.